The number of amides is 1. The quantitative estimate of drug-likeness (QED) is 0.249. The van der Waals surface area contributed by atoms with Gasteiger partial charge in [0.15, 0.2) is 0 Å². The molecule has 3 aromatic carbocycles. The predicted octanol–water partition coefficient (Wildman–Crippen LogP) is 7.69. The fraction of sp³-hybridized carbons (Fsp3) is 0.167. The largest absolute Gasteiger partial charge is 0.495 e. The number of nitriles is 1. The molecule has 186 valence electrons. The lowest BCUT2D eigenvalue weighted by Gasteiger charge is -2.17. The van der Waals surface area contributed by atoms with Crippen molar-refractivity contribution in [2.24, 2.45) is 0 Å². The van der Waals surface area contributed by atoms with Crippen LogP contribution in [0.25, 0.3) is 22.4 Å². The topological polar surface area (TPSA) is 75.0 Å². The van der Waals surface area contributed by atoms with E-state index < -0.39 is 5.25 Å². The second kappa shape index (κ2) is 11.5. The van der Waals surface area contributed by atoms with Gasteiger partial charge in [-0.2, -0.15) is 5.26 Å². The van der Waals surface area contributed by atoms with Crippen LogP contribution in [-0.2, 0) is 4.79 Å². The van der Waals surface area contributed by atoms with Gasteiger partial charge >= 0.3 is 0 Å². The molecule has 0 saturated heterocycles. The molecular weight excluding hydrogens is 502 g/mol. The van der Waals surface area contributed by atoms with Crippen molar-refractivity contribution >= 4 is 35.0 Å². The van der Waals surface area contributed by atoms with Gasteiger partial charge in [-0.3, -0.25) is 4.79 Å². The molecule has 0 fully saturated rings. The molecule has 5 nitrogen and oxygen atoms in total. The van der Waals surface area contributed by atoms with E-state index in [1.165, 1.54) is 18.9 Å². The number of carbonyl (C=O) groups is 1. The molecule has 4 aromatic rings. The molecule has 1 amide bonds. The van der Waals surface area contributed by atoms with Crippen LogP contribution >= 0.6 is 23.4 Å². The zero-order valence-corrected chi connectivity index (χ0v) is 22.6. The third-order valence-electron chi connectivity index (χ3n) is 5.93. The van der Waals surface area contributed by atoms with Crippen molar-refractivity contribution in [3.8, 4) is 34.2 Å². The zero-order valence-electron chi connectivity index (χ0n) is 21.0. The number of halogens is 1. The summed E-state index contributed by atoms with van der Waals surface area (Å²) < 4.78 is 5.39. The molecule has 7 heteroatoms. The number of anilines is 1. The summed E-state index contributed by atoms with van der Waals surface area (Å²) in [7, 11) is 1.53. The highest BCUT2D eigenvalue weighted by molar-refractivity contribution is 8.00. The normalized spacial score (nSPS) is 11.5. The number of carbonyl (C=O) groups excluding carboxylic acids is 1. The predicted molar refractivity (Wildman–Crippen MR) is 151 cm³/mol. The third-order valence-corrected chi connectivity index (χ3v) is 7.42. The number of nitrogens with zero attached hydrogens (tertiary/aromatic N) is 2. The zero-order chi connectivity index (χ0) is 26.5. The van der Waals surface area contributed by atoms with Crippen LogP contribution in [0.4, 0.5) is 5.69 Å². The number of rotatable bonds is 7. The Labute approximate surface area is 226 Å². The van der Waals surface area contributed by atoms with Gasteiger partial charge < -0.3 is 10.1 Å². The Hall–Kier alpha value is -3.79. The monoisotopic (exact) mass is 527 g/mol. The van der Waals surface area contributed by atoms with Crippen LogP contribution in [0.1, 0.15) is 23.6 Å². The number of aromatic nitrogens is 1. The molecule has 4 rings (SSSR count). The fourth-order valence-electron chi connectivity index (χ4n) is 3.82. The van der Waals surface area contributed by atoms with E-state index in [4.69, 9.17) is 21.3 Å². The van der Waals surface area contributed by atoms with E-state index in [2.05, 4.69) is 11.4 Å². The first-order valence-electron chi connectivity index (χ1n) is 11.7. The number of methoxy groups -OCH3 is 1. The maximum Gasteiger partial charge on any atom is 0.237 e. The van der Waals surface area contributed by atoms with Crippen molar-refractivity contribution in [2.45, 2.75) is 31.0 Å². The Morgan fingerprint density at radius 3 is 2.41 bits per heavy atom. The van der Waals surface area contributed by atoms with Crippen molar-refractivity contribution in [1.82, 2.24) is 4.98 Å². The Morgan fingerprint density at radius 2 is 1.76 bits per heavy atom. The molecular formula is C30H26ClN3O2S. The SMILES string of the molecule is COc1cc(Cl)c(C)cc1NC(=O)C(C)Sc1nc(-c2ccccc2)cc(-c2ccc(C)cc2)c1C#N. The summed E-state index contributed by atoms with van der Waals surface area (Å²) in [6, 6.07) is 25.6. The second-order valence-electron chi connectivity index (χ2n) is 8.63. The summed E-state index contributed by atoms with van der Waals surface area (Å²) >= 11 is 7.46. The summed E-state index contributed by atoms with van der Waals surface area (Å²) in [6.45, 7) is 5.68. The maximum atomic E-state index is 13.2. The van der Waals surface area contributed by atoms with Crippen molar-refractivity contribution in [2.75, 3.05) is 12.4 Å². The molecule has 0 aliphatic heterocycles. The lowest BCUT2D eigenvalue weighted by Crippen LogP contribution is -2.23. The molecule has 37 heavy (non-hydrogen) atoms. The van der Waals surface area contributed by atoms with Crippen LogP contribution in [0, 0.1) is 25.2 Å². The summed E-state index contributed by atoms with van der Waals surface area (Å²) in [5.74, 6) is 0.238. The smallest absolute Gasteiger partial charge is 0.237 e. The lowest BCUT2D eigenvalue weighted by molar-refractivity contribution is -0.115. The summed E-state index contributed by atoms with van der Waals surface area (Å²) in [5.41, 5.74) is 6.29. The number of aryl methyl sites for hydroxylation is 2. The van der Waals surface area contributed by atoms with Crippen molar-refractivity contribution in [1.29, 1.82) is 5.26 Å². The van der Waals surface area contributed by atoms with E-state index in [1.54, 1.807) is 19.1 Å². The number of thioether (sulfide) groups is 1. The number of hydrogen-bond acceptors (Lipinski definition) is 5. The van der Waals surface area contributed by atoms with Crippen molar-refractivity contribution in [3.05, 3.63) is 94.5 Å². The average Bonchev–Trinajstić information content (AvgIpc) is 2.91. The first-order valence-corrected chi connectivity index (χ1v) is 13.0. The standard InChI is InChI=1S/C30H26ClN3O2S/c1-18-10-12-21(13-11-18)23-15-26(22-8-6-5-7-9-22)34-30(24(23)17-32)37-20(3)29(35)33-27-14-19(2)25(31)16-28(27)36-4/h5-16,20H,1-4H3,(H,33,35). The minimum absolute atomic E-state index is 0.238. The number of hydrogen-bond donors (Lipinski definition) is 1. The van der Waals surface area contributed by atoms with Crippen molar-refractivity contribution in [3.63, 3.8) is 0 Å². The van der Waals surface area contributed by atoms with Crippen LogP contribution in [0.3, 0.4) is 0 Å². The van der Waals surface area contributed by atoms with E-state index in [-0.39, 0.29) is 5.91 Å². The van der Waals surface area contributed by atoms with E-state index in [9.17, 15) is 10.1 Å². The number of ether oxygens (including phenoxy) is 1. The summed E-state index contributed by atoms with van der Waals surface area (Å²) in [6.07, 6.45) is 0. The molecule has 0 aliphatic rings. The third kappa shape index (κ3) is 5.96. The minimum Gasteiger partial charge on any atom is -0.495 e. The van der Waals surface area contributed by atoms with Crippen LogP contribution in [0.2, 0.25) is 5.02 Å². The number of benzene rings is 3. The van der Waals surface area contributed by atoms with Crippen LogP contribution < -0.4 is 10.1 Å². The van der Waals surface area contributed by atoms with Crippen LogP contribution in [0.15, 0.2) is 77.8 Å². The fourth-order valence-corrected chi connectivity index (χ4v) is 4.90. The first-order chi connectivity index (χ1) is 17.8. The summed E-state index contributed by atoms with van der Waals surface area (Å²) in [4.78, 5) is 18.0. The number of nitrogens with one attached hydrogen (secondary N) is 1. The van der Waals surface area contributed by atoms with E-state index in [1.807, 2.05) is 74.5 Å². The first kappa shape index (κ1) is 26.3. The van der Waals surface area contributed by atoms with E-state index >= 15 is 0 Å². The second-order valence-corrected chi connectivity index (χ2v) is 10.4. The Balaban J connectivity index is 1.72. The van der Waals surface area contributed by atoms with Crippen LogP contribution in [0.5, 0.6) is 5.75 Å². The van der Waals surface area contributed by atoms with Gasteiger partial charge in [0.25, 0.3) is 0 Å². The molecule has 1 aromatic heterocycles. The molecule has 0 saturated carbocycles. The summed E-state index contributed by atoms with van der Waals surface area (Å²) in [5, 5.41) is 13.6. The molecule has 0 aliphatic carbocycles. The lowest BCUT2D eigenvalue weighted by atomic mass is 9.98. The number of pyridine rings is 1. The molecule has 1 N–H and O–H groups in total. The molecule has 0 bridgehead atoms. The van der Waals surface area contributed by atoms with E-state index in [0.29, 0.717) is 27.0 Å². The Kier molecular flexibility index (Phi) is 8.17. The van der Waals surface area contributed by atoms with Gasteiger partial charge in [-0.05, 0) is 44.0 Å². The van der Waals surface area contributed by atoms with Gasteiger partial charge in [0.05, 0.1) is 29.3 Å². The Bertz CT molecular complexity index is 1480. The highest BCUT2D eigenvalue weighted by Gasteiger charge is 2.22. The molecule has 0 spiro atoms. The minimum atomic E-state index is -0.544. The molecule has 1 atom stereocenters. The molecule has 0 radical (unpaired) electrons. The molecule has 1 heterocycles. The highest BCUT2D eigenvalue weighted by atomic mass is 35.5. The van der Waals surface area contributed by atoms with Gasteiger partial charge in [-0.25, -0.2) is 4.98 Å². The van der Waals surface area contributed by atoms with Crippen LogP contribution in [-0.4, -0.2) is 23.3 Å². The van der Waals surface area contributed by atoms with Gasteiger partial charge in [-0.15, -0.1) is 0 Å². The molecule has 1 unspecified atom stereocenters. The van der Waals surface area contributed by atoms with E-state index in [0.717, 1.165) is 33.5 Å². The highest BCUT2D eigenvalue weighted by Crippen LogP contribution is 2.37. The maximum absolute atomic E-state index is 13.2. The van der Waals surface area contributed by atoms with Crippen molar-refractivity contribution < 1.29 is 9.53 Å². The van der Waals surface area contributed by atoms with Gasteiger partial charge in [-0.1, -0.05) is 83.5 Å². The Morgan fingerprint density at radius 1 is 1.05 bits per heavy atom. The van der Waals surface area contributed by atoms with Gasteiger partial charge in [0.1, 0.15) is 16.8 Å². The van der Waals surface area contributed by atoms with Gasteiger partial charge in [0, 0.05) is 22.2 Å². The van der Waals surface area contributed by atoms with Gasteiger partial charge in [0.2, 0.25) is 5.91 Å². The average molecular weight is 528 g/mol.